The number of pyridine rings is 1. The monoisotopic (exact) mass is 332 g/mol. The maximum atomic E-state index is 5.97. The van der Waals surface area contributed by atoms with Crippen LogP contribution in [0.3, 0.4) is 0 Å². The lowest BCUT2D eigenvalue weighted by Gasteiger charge is -2.12. The van der Waals surface area contributed by atoms with Crippen LogP contribution in [0.4, 0.5) is 17.2 Å². The Hall–Kier alpha value is -3.05. The molecule has 126 valence electrons. The smallest absolute Gasteiger partial charge is 0.147 e. The number of aryl methyl sites for hydroxylation is 1. The van der Waals surface area contributed by atoms with E-state index >= 15 is 0 Å². The molecule has 5 heteroatoms. The van der Waals surface area contributed by atoms with Gasteiger partial charge >= 0.3 is 0 Å². The molecular weight excluding hydrogens is 312 g/mol. The molecule has 25 heavy (non-hydrogen) atoms. The van der Waals surface area contributed by atoms with E-state index in [1.54, 1.807) is 0 Å². The van der Waals surface area contributed by atoms with Gasteiger partial charge in [-0.1, -0.05) is 36.4 Å². The van der Waals surface area contributed by atoms with E-state index in [-0.39, 0.29) is 6.10 Å². The third kappa shape index (κ3) is 3.14. The molecule has 5 nitrogen and oxygen atoms in total. The van der Waals surface area contributed by atoms with E-state index in [2.05, 4.69) is 40.0 Å². The zero-order valence-corrected chi connectivity index (χ0v) is 14.0. The molecule has 4 rings (SSSR count). The minimum absolute atomic E-state index is 0.0951. The van der Waals surface area contributed by atoms with Crippen LogP contribution < -0.4 is 16.5 Å². The summed E-state index contributed by atoms with van der Waals surface area (Å²) in [6.45, 7) is 2.60. The topological polar surface area (TPSA) is 72.2 Å². The van der Waals surface area contributed by atoms with Crippen molar-refractivity contribution < 1.29 is 4.84 Å². The van der Waals surface area contributed by atoms with Crippen LogP contribution >= 0.6 is 0 Å². The van der Waals surface area contributed by atoms with Gasteiger partial charge in [0, 0.05) is 17.8 Å². The Morgan fingerprint density at radius 2 is 1.96 bits per heavy atom. The molecular formula is C20H20N4O. The van der Waals surface area contributed by atoms with Crippen LogP contribution in [0.5, 0.6) is 0 Å². The normalized spacial score (nSPS) is 15.5. The lowest BCUT2D eigenvalue weighted by atomic mass is 9.99. The van der Waals surface area contributed by atoms with Crippen molar-refractivity contribution in [1.29, 1.82) is 0 Å². The molecule has 0 bridgehead atoms. The molecule has 0 fully saturated rings. The number of benzene rings is 2. The van der Waals surface area contributed by atoms with E-state index in [0.717, 1.165) is 33.8 Å². The van der Waals surface area contributed by atoms with Crippen LogP contribution in [0.1, 0.15) is 28.5 Å². The highest BCUT2D eigenvalue weighted by molar-refractivity contribution is 5.62. The van der Waals surface area contributed by atoms with Gasteiger partial charge in [-0.3, -0.25) is 10.3 Å². The summed E-state index contributed by atoms with van der Waals surface area (Å²) in [5.74, 6) is 0.522. The van der Waals surface area contributed by atoms with E-state index in [0.29, 0.717) is 12.4 Å². The highest BCUT2D eigenvalue weighted by atomic mass is 16.7. The van der Waals surface area contributed by atoms with Gasteiger partial charge in [-0.15, -0.1) is 0 Å². The van der Waals surface area contributed by atoms with Gasteiger partial charge in [0.25, 0.3) is 0 Å². The first kappa shape index (κ1) is 15.5. The molecule has 1 aromatic heterocycles. The van der Waals surface area contributed by atoms with Gasteiger partial charge < -0.3 is 11.1 Å². The summed E-state index contributed by atoms with van der Waals surface area (Å²) in [6.07, 6.45) is -0.0951. The molecule has 0 saturated carbocycles. The van der Waals surface area contributed by atoms with Crippen LogP contribution in [0.2, 0.25) is 0 Å². The second-order valence-corrected chi connectivity index (χ2v) is 6.17. The van der Waals surface area contributed by atoms with Crippen LogP contribution in [-0.4, -0.2) is 4.98 Å². The summed E-state index contributed by atoms with van der Waals surface area (Å²) in [6, 6.07) is 20.4. The van der Waals surface area contributed by atoms with Gasteiger partial charge in [-0.05, 0) is 42.3 Å². The fourth-order valence-corrected chi connectivity index (χ4v) is 3.02. The minimum atomic E-state index is -0.0951. The number of fused-ring (bicyclic) bond motifs is 1. The molecule has 0 radical (unpaired) electrons. The molecule has 1 atom stereocenters. The molecule has 3 aromatic rings. The van der Waals surface area contributed by atoms with Crippen molar-refractivity contribution >= 4 is 17.2 Å². The zero-order chi connectivity index (χ0) is 17.2. The molecule has 1 unspecified atom stereocenters. The highest BCUT2D eigenvalue weighted by Gasteiger charge is 2.25. The Bertz CT molecular complexity index is 895. The standard InChI is InChI=1S/C20H20N4O/c1-13-7-9-18(20(21)23-13)22-12-14-8-10-17-16(11-14)19(25-24-17)15-5-3-2-4-6-15/h2-11,19,22,24H,12H2,1H3,(H2,21,23). The van der Waals surface area contributed by atoms with E-state index in [1.165, 1.54) is 0 Å². The second-order valence-electron chi connectivity index (χ2n) is 6.17. The molecule has 0 aliphatic carbocycles. The number of anilines is 3. The summed E-state index contributed by atoms with van der Waals surface area (Å²) >= 11 is 0. The fourth-order valence-electron chi connectivity index (χ4n) is 3.02. The summed E-state index contributed by atoms with van der Waals surface area (Å²) in [5.41, 5.74) is 15.2. The molecule has 0 saturated heterocycles. The summed E-state index contributed by atoms with van der Waals surface area (Å²) in [7, 11) is 0. The number of nitrogens with two attached hydrogens (primary N) is 1. The second kappa shape index (κ2) is 6.45. The van der Waals surface area contributed by atoms with E-state index in [9.17, 15) is 0 Å². The SMILES string of the molecule is Cc1ccc(NCc2ccc3c(c2)C(c2ccccc2)ON3)c(N)n1. The van der Waals surface area contributed by atoms with Gasteiger partial charge in [-0.2, -0.15) is 0 Å². The molecule has 4 N–H and O–H groups in total. The largest absolute Gasteiger partial charge is 0.382 e. The average Bonchev–Trinajstić information content (AvgIpc) is 3.05. The molecule has 0 amide bonds. The maximum Gasteiger partial charge on any atom is 0.147 e. The Morgan fingerprint density at radius 1 is 1.12 bits per heavy atom. The van der Waals surface area contributed by atoms with Crippen LogP contribution in [0, 0.1) is 6.92 Å². The van der Waals surface area contributed by atoms with E-state index < -0.39 is 0 Å². The van der Waals surface area contributed by atoms with Crippen molar-refractivity contribution in [3.63, 3.8) is 0 Å². The van der Waals surface area contributed by atoms with Crippen molar-refractivity contribution in [3.8, 4) is 0 Å². The number of nitrogens with one attached hydrogen (secondary N) is 2. The van der Waals surface area contributed by atoms with Gasteiger partial charge in [0.2, 0.25) is 0 Å². The Labute approximate surface area is 146 Å². The fraction of sp³-hybridized carbons (Fsp3) is 0.150. The number of nitrogen functional groups attached to an aromatic ring is 1. The first-order valence-corrected chi connectivity index (χ1v) is 8.27. The van der Waals surface area contributed by atoms with Crippen molar-refractivity contribution in [2.45, 2.75) is 19.6 Å². The highest BCUT2D eigenvalue weighted by Crippen LogP contribution is 2.37. The van der Waals surface area contributed by atoms with Crippen LogP contribution in [0.15, 0.2) is 60.7 Å². The predicted octanol–water partition coefficient (Wildman–Crippen LogP) is 4.03. The molecule has 1 aliphatic heterocycles. The van der Waals surface area contributed by atoms with Crippen molar-refractivity contribution in [3.05, 3.63) is 83.0 Å². The minimum Gasteiger partial charge on any atom is -0.382 e. The summed E-state index contributed by atoms with van der Waals surface area (Å²) in [5, 5.41) is 3.35. The maximum absolute atomic E-state index is 5.97. The molecule has 2 aromatic carbocycles. The van der Waals surface area contributed by atoms with Gasteiger partial charge in [-0.25, -0.2) is 4.98 Å². The number of aromatic nitrogens is 1. The average molecular weight is 332 g/mol. The van der Waals surface area contributed by atoms with Crippen LogP contribution in [0.25, 0.3) is 0 Å². The van der Waals surface area contributed by atoms with E-state index in [1.807, 2.05) is 43.3 Å². The van der Waals surface area contributed by atoms with Crippen LogP contribution in [-0.2, 0) is 11.4 Å². The number of hydrogen-bond acceptors (Lipinski definition) is 5. The summed E-state index contributed by atoms with van der Waals surface area (Å²) < 4.78 is 0. The first-order chi connectivity index (χ1) is 12.2. The lowest BCUT2D eigenvalue weighted by Crippen LogP contribution is -2.05. The molecule has 0 spiro atoms. The quantitative estimate of drug-likeness (QED) is 0.673. The predicted molar refractivity (Wildman–Crippen MR) is 100 cm³/mol. The number of hydrogen-bond donors (Lipinski definition) is 3. The van der Waals surface area contributed by atoms with Crippen molar-refractivity contribution in [1.82, 2.24) is 4.98 Å². The lowest BCUT2D eigenvalue weighted by molar-refractivity contribution is 0.154. The molecule has 1 aliphatic rings. The zero-order valence-electron chi connectivity index (χ0n) is 14.0. The van der Waals surface area contributed by atoms with Gasteiger partial charge in [0.1, 0.15) is 11.9 Å². The molecule has 2 heterocycles. The van der Waals surface area contributed by atoms with Gasteiger partial charge in [0.15, 0.2) is 0 Å². The van der Waals surface area contributed by atoms with Crippen molar-refractivity contribution in [2.75, 3.05) is 16.5 Å². The number of nitrogens with zero attached hydrogens (tertiary/aromatic N) is 1. The third-order valence-corrected chi connectivity index (χ3v) is 4.33. The number of rotatable bonds is 4. The first-order valence-electron chi connectivity index (χ1n) is 8.27. The Balaban J connectivity index is 1.55. The van der Waals surface area contributed by atoms with Crippen molar-refractivity contribution in [2.24, 2.45) is 0 Å². The Morgan fingerprint density at radius 3 is 2.76 bits per heavy atom. The third-order valence-electron chi connectivity index (χ3n) is 4.33. The van der Waals surface area contributed by atoms with E-state index in [4.69, 9.17) is 10.6 Å². The Kier molecular flexibility index (Phi) is 3.99. The van der Waals surface area contributed by atoms with Gasteiger partial charge in [0.05, 0.1) is 11.4 Å². The summed E-state index contributed by atoms with van der Waals surface area (Å²) in [4.78, 5) is 10.0.